The number of benzene rings is 1. The first kappa shape index (κ1) is 14.8. The van der Waals surface area contributed by atoms with Crippen molar-refractivity contribution in [2.24, 2.45) is 0 Å². The van der Waals surface area contributed by atoms with Gasteiger partial charge in [0.15, 0.2) is 0 Å². The zero-order chi connectivity index (χ0) is 12.9. The van der Waals surface area contributed by atoms with Crippen molar-refractivity contribution in [3.8, 4) is 5.75 Å². The lowest BCUT2D eigenvalue weighted by Crippen LogP contribution is -2.40. The minimum Gasteiger partial charge on any atom is -0.491 e. The fourth-order valence-corrected chi connectivity index (χ4v) is 1.78. The molecule has 0 unspecified atom stereocenters. The first-order valence-electron chi connectivity index (χ1n) is 5.77. The molecule has 0 saturated carbocycles. The molecule has 1 aromatic carbocycles. The molecule has 0 aliphatic carbocycles. The van der Waals surface area contributed by atoms with Gasteiger partial charge < -0.3 is 10.1 Å². The average Bonchev–Trinajstić information content (AvgIpc) is 2.29. The average molecular weight is 321 g/mol. The molecule has 0 heterocycles. The van der Waals surface area contributed by atoms with E-state index in [-0.39, 0.29) is 5.54 Å². The highest BCUT2D eigenvalue weighted by atomic mass is 79.9. The second-order valence-electron chi connectivity index (χ2n) is 4.59. The van der Waals surface area contributed by atoms with Crippen LogP contribution in [0.3, 0.4) is 0 Å². The van der Waals surface area contributed by atoms with Crippen molar-refractivity contribution in [2.75, 3.05) is 13.2 Å². The van der Waals surface area contributed by atoms with Crippen molar-refractivity contribution in [2.45, 2.75) is 32.7 Å². The fraction of sp³-hybridized carbons (Fsp3) is 0.538. The number of halogens is 2. The van der Waals surface area contributed by atoms with Gasteiger partial charge in [-0.1, -0.05) is 34.5 Å². The molecule has 0 bridgehead atoms. The highest BCUT2D eigenvalue weighted by Crippen LogP contribution is 2.27. The van der Waals surface area contributed by atoms with Crippen LogP contribution in [0.5, 0.6) is 5.75 Å². The molecule has 0 radical (unpaired) electrons. The number of rotatable bonds is 6. The topological polar surface area (TPSA) is 21.3 Å². The molecule has 0 aliphatic heterocycles. The summed E-state index contributed by atoms with van der Waals surface area (Å²) < 4.78 is 6.60. The van der Waals surface area contributed by atoms with Crippen LogP contribution in [-0.4, -0.2) is 18.7 Å². The third-order valence-electron chi connectivity index (χ3n) is 2.74. The molecular weight excluding hydrogens is 302 g/mol. The molecule has 1 aromatic rings. The van der Waals surface area contributed by atoms with Crippen LogP contribution in [0, 0.1) is 0 Å². The lowest BCUT2D eigenvalue weighted by Gasteiger charge is -2.24. The summed E-state index contributed by atoms with van der Waals surface area (Å²) in [5.41, 5.74) is 0.157. The highest BCUT2D eigenvalue weighted by molar-refractivity contribution is 9.10. The van der Waals surface area contributed by atoms with Gasteiger partial charge in [-0.15, -0.1) is 0 Å². The SMILES string of the molecule is CCC(C)(C)NCCOc1cc(Br)ccc1Cl. The van der Waals surface area contributed by atoms with Crippen molar-refractivity contribution in [1.82, 2.24) is 5.32 Å². The molecule has 1 rings (SSSR count). The van der Waals surface area contributed by atoms with E-state index < -0.39 is 0 Å². The third kappa shape index (κ3) is 5.28. The van der Waals surface area contributed by atoms with Crippen LogP contribution in [-0.2, 0) is 0 Å². The Balaban J connectivity index is 2.38. The first-order valence-corrected chi connectivity index (χ1v) is 6.94. The Morgan fingerprint density at radius 1 is 1.41 bits per heavy atom. The van der Waals surface area contributed by atoms with Crippen molar-refractivity contribution in [1.29, 1.82) is 0 Å². The zero-order valence-corrected chi connectivity index (χ0v) is 12.9. The summed E-state index contributed by atoms with van der Waals surface area (Å²) in [6, 6.07) is 5.60. The molecule has 4 heteroatoms. The van der Waals surface area contributed by atoms with E-state index in [4.69, 9.17) is 16.3 Å². The van der Waals surface area contributed by atoms with Gasteiger partial charge in [0.1, 0.15) is 12.4 Å². The third-order valence-corrected chi connectivity index (χ3v) is 3.55. The predicted molar refractivity (Wildman–Crippen MR) is 77.0 cm³/mol. The highest BCUT2D eigenvalue weighted by Gasteiger charge is 2.12. The van der Waals surface area contributed by atoms with Crippen molar-refractivity contribution in [3.63, 3.8) is 0 Å². The van der Waals surface area contributed by atoms with Crippen LogP contribution >= 0.6 is 27.5 Å². The summed E-state index contributed by atoms with van der Waals surface area (Å²) in [5, 5.41) is 4.07. The van der Waals surface area contributed by atoms with Crippen molar-refractivity contribution >= 4 is 27.5 Å². The van der Waals surface area contributed by atoms with Gasteiger partial charge in [-0.25, -0.2) is 0 Å². The van der Waals surface area contributed by atoms with E-state index in [2.05, 4.69) is 42.0 Å². The van der Waals surface area contributed by atoms with Gasteiger partial charge in [0.25, 0.3) is 0 Å². The van der Waals surface area contributed by atoms with Crippen molar-refractivity contribution < 1.29 is 4.74 Å². The monoisotopic (exact) mass is 319 g/mol. The molecular formula is C13H19BrClNO. The summed E-state index contributed by atoms with van der Waals surface area (Å²) >= 11 is 9.42. The summed E-state index contributed by atoms with van der Waals surface area (Å²) in [5.74, 6) is 0.720. The van der Waals surface area contributed by atoms with Crippen LogP contribution in [0.4, 0.5) is 0 Å². The number of hydrogen-bond acceptors (Lipinski definition) is 2. The van der Waals surface area contributed by atoms with E-state index in [1.165, 1.54) is 0 Å². The molecule has 96 valence electrons. The van der Waals surface area contributed by atoms with Crippen LogP contribution < -0.4 is 10.1 Å². The van der Waals surface area contributed by atoms with Gasteiger partial charge in [-0.3, -0.25) is 0 Å². The van der Waals surface area contributed by atoms with Gasteiger partial charge >= 0.3 is 0 Å². The van der Waals surface area contributed by atoms with Gasteiger partial charge in [-0.05, 0) is 38.5 Å². The molecule has 0 fully saturated rings. The smallest absolute Gasteiger partial charge is 0.139 e. The number of hydrogen-bond donors (Lipinski definition) is 1. The maximum Gasteiger partial charge on any atom is 0.139 e. The summed E-state index contributed by atoms with van der Waals surface area (Å²) in [6.07, 6.45) is 1.09. The molecule has 0 spiro atoms. The molecule has 1 N–H and O–H groups in total. The van der Waals surface area contributed by atoms with E-state index >= 15 is 0 Å². The fourth-order valence-electron chi connectivity index (χ4n) is 1.26. The zero-order valence-electron chi connectivity index (χ0n) is 10.5. The first-order chi connectivity index (χ1) is 7.94. The lowest BCUT2D eigenvalue weighted by molar-refractivity contribution is 0.281. The largest absolute Gasteiger partial charge is 0.491 e. The van der Waals surface area contributed by atoms with Crippen LogP contribution in [0.15, 0.2) is 22.7 Å². The maximum absolute atomic E-state index is 6.03. The van der Waals surface area contributed by atoms with E-state index in [0.29, 0.717) is 11.6 Å². The Bertz CT molecular complexity index is 368. The Morgan fingerprint density at radius 3 is 2.76 bits per heavy atom. The maximum atomic E-state index is 6.03. The van der Waals surface area contributed by atoms with Crippen LogP contribution in [0.2, 0.25) is 5.02 Å². The molecule has 0 aromatic heterocycles. The van der Waals surface area contributed by atoms with Gasteiger partial charge in [0.05, 0.1) is 5.02 Å². The molecule has 0 aliphatic rings. The van der Waals surface area contributed by atoms with Gasteiger partial charge in [-0.2, -0.15) is 0 Å². The number of ether oxygens (including phenoxy) is 1. The molecule has 0 amide bonds. The Morgan fingerprint density at radius 2 is 2.12 bits per heavy atom. The molecule has 17 heavy (non-hydrogen) atoms. The minimum absolute atomic E-state index is 0.157. The van der Waals surface area contributed by atoms with E-state index in [1.54, 1.807) is 0 Å². The van der Waals surface area contributed by atoms with Crippen LogP contribution in [0.1, 0.15) is 27.2 Å². The normalized spacial score (nSPS) is 11.6. The number of nitrogens with one attached hydrogen (secondary N) is 1. The quantitative estimate of drug-likeness (QED) is 0.791. The Kier molecular flexibility index (Phi) is 5.77. The lowest BCUT2D eigenvalue weighted by atomic mass is 10.0. The Hall–Kier alpha value is -0.250. The van der Waals surface area contributed by atoms with Gasteiger partial charge in [0, 0.05) is 16.6 Å². The minimum atomic E-state index is 0.157. The summed E-state index contributed by atoms with van der Waals surface area (Å²) in [7, 11) is 0. The second-order valence-corrected chi connectivity index (χ2v) is 5.91. The van der Waals surface area contributed by atoms with Crippen LogP contribution in [0.25, 0.3) is 0 Å². The summed E-state index contributed by atoms with van der Waals surface area (Å²) in [4.78, 5) is 0. The predicted octanol–water partition coefficient (Wildman–Crippen LogP) is 4.26. The summed E-state index contributed by atoms with van der Waals surface area (Å²) in [6.45, 7) is 7.94. The molecule has 0 atom stereocenters. The second kappa shape index (κ2) is 6.62. The van der Waals surface area contributed by atoms with Crippen molar-refractivity contribution in [3.05, 3.63) is 27.7 Å². The van der Waals surface area contributed by atoms with E-state index in [1.807, 2.05) is 18.2 Å². The van der Waals surface area contributed by atoms with E-state index in [0.717, 1.165) is 23.2 Å². The standard InChI is InChI=1S/C13H19BrClNO/c1-4-13(2,3)16-7-8-17-12-9-10(14)5-6-11(12)15/h5-6,9,16H,4,7-8H2,1-3H3. The molecule has 2 nitrogen and oxygen atoms in total. The van der Waals surface area contributed by atoms with E-state index in [9.17, 15) is 0 Å². The van der Waals surface area contributed by atoms with Gasteiger partial charge in [0.2, 0.25) is 0 Å². The Labute approximate surface area is 117 Å². The molecule has 0 saturated heterocycles.